The Bertz CT molecular complexity index is 1460. The van der Waals surface area contributed by atoms with Crippen LogP contribution in [0.5, 0.6) is 0 Å². The number of carbonyl (C=O) groups excluding carboxylic acids is 1. The Morgan fingerprint density at radius 2 is 1.97 bits per heavy atom. The predicted molar refractivity (Wildman–Crippen MR) is 125 cm³/mol. The van der Waals surface area contributed by atoms with E-state index in [1.165, 1.54) is 0 Å². The van der Waals surface area contributed by atoms with Crippen LogP contribution in [0.2, 0.25) is 5.02 Å². The number of imidazole rings is 1. The molecule has 4 aromatic heterocycles. The molecule has 0 fully saturated rings. The molecule has 0 aliphatic rings. The summed E-state index contributed by atoms with van der Waals surface area (Å²) in [5.74, 6) is -0.156. The number of benzene rings is 1. The van der Waals surface area contributed by atoms with Crippen molar-refractivity contribution in [2.24, 2.45) is 0 Å². The number of halogens is 1. The molecule has 0 unspecified atom stereocenters. The molecule has 1 aromatic carbocycles. The van der Waals surface area contributed by atoms with E-state index in [-0.39, 0.29) is 5.91 Å². The second kappa shape index (κ2) is 8.40. The molecule has 6 nitrogen and oxygen atoms in total. The van der Waals surface area contributed by atoms with E-state index in [4.69, 9.17) is 11.6 Å². The molecule has 1 N–H and O–H groups in total. The van der Waals surface area contributed by atoms with Crippen LogP contribution in [0.4, 0.5) is 0 Å². The number of aryl methyl sites for hydroxylation is 1. The molecule has 0 atom stereocenters. The fraction of sp³-hybridized carbons (Fsp3) is 0.120. The largest absolute Gasteiger partial charge is 0.346 e. The maximum Gasteiger partial charge on any atom is 0.251 e. The van der Waals surface area contributed by atoms with Gasteiger partial charge in [0.1, 0.15) is 0 Å². The van der Waals surface area contributed by atoms with Gasteiger partial charge < -0.3 is 9.72 Å². The van der Waals surface area contributed by atoms with Crippen LogP contribution < -0.4 is 5.32 Å². The van der Waals surface area contributed by atoms with Crippen molar-refractivity contribution in [2.75, 3.05) is 0 Å². The quantitative estimate of drug-likeness (QED) is 0.427. The van der Waals surface area contributed by atoms with Gasteiger partial charge in [0.2, 0.25) is 0 Å². The second-order valence-corrected chi connectivity index (χ2v) is 8.20. The highest BCUT2D eigenvalue weighted by atomic mass is 35.5. The summed E-state index contributed by atoms with van der Waals surface area (Å²) in [5.41, 5.74) is 6.32. The summed E-state index contributed by atoms with van der Waals surface area (Å²) in [6.45, 7) is 2.39. The average Bonchev–Trinajstić information content (AvgIpc) is 3.19. The van der Waals surface area contributed by atoms with Crippen molar-refractivity contribution in [1.29, 1.82) is 0 Å². The van der Waals surface area contributed by atoms with Crippen LogP contribution >= 0.6 is 11.6 Å². The Morgan fingerprint density at radius 3 is 2.88 bits per heavy atom. The van der Waals surface area contributed by atoms with Gasteiger partial charge in [-0.3, -0.25) is 14.8 Å². The molecule has 158 valence electrons. The Morgan fingerprint density at radius 1 is 1.06 bits per heavy atom. The molecule has 0 bridgehead atoms. The molecule has 0 aliphatic heterocycles. The standard InChI is InChI=1S/C25H20ClN5O/c1-16-5-7-31-15-30-23(24(31)8-16)14-29-25(32)18-4-6-27-21(12-18)10-17-2-3-22-19(9-17)11-20(26)13-28-22/h2-9,11-13,15H,10,14H2,1H3,(H,29,32). The number of nitrogens with zero attached hydrogens (tertiary/aromatic N) is 4. The highest BCUT2D eigenvalue weighted by Gasteiger charge is 2.10. The smallest absolute Gasteiger partial charge is 0.251 e. The molecule has 0 spiro atoms. The van der Waals surface area contributed by atoms with Gasteiger partial charge >= 0.3 is 0 Å². The molecule has 4 heterocycles. The van der Waals surface area contributed by atoms with Crippen LogP contribution in [0.15, 0.2) is 73.4 Å². The molecule has 5 aromatic rings. The van der Waals surface area contributed by atoms with E-state index in [0.717, 1.165) is 38.9 Å². The van der Waals surface area contributed by atoms with E-state index in [1.54, 1.807) is 24.8 Å². The maximum atomic E-state index is 12.8. The first-order chi connectivity index (χ1) is 15.5. The number of pyridine rings is 3. The summed E-state index contributed by atoms with van der Waals surface area (Å²) in [4.78, 5) is 26.0. The minimum absolute atomic E-state index is 0.156. The highest BCUT2D eigenvalue weighted by molar-refractivity contribution is 6.31. The van der Waals surface area contributed by atoms with Gasteiger partial charge in [-0.2, -0.15) is 0 Å². The van der Waals surface area contributed by atoms with Gasteiger partial charge in [-0.1, -0.05) is 17.7 Å². The minimum Gasteiger partial charge on any atom is -0.346 e. The lowest BCUT2D eigenvalue weighted by Gasteiger charge is -2.07. The van der Waals surface area contributed by atoms with Crippen LogP contribution in [-0.2, 0) is 13.0 Å². The summed E-state index contributed by atoms with van der Waals surface area (Å²) < 4.78 is 1.95. The molecule has 1 amide bonds. The van der Waals surface area contributed by atoms with Crippen LogP contribution in [0.3, 0.4) is 0 Å². The molecule has 0 saturated carbocycles. The van der Waals surface area contributed by atoms with E-state index >= 15 is 0 Å². The Balaban J connectivity index is 1.31. The van der Waals surface area contributed by atoms with Gasteiger partial charge in [-0.25, -0.2) is 4.98 Å². The second-order valence-electron chi connectivity index (χ2n) is 7.76. The van der Waals surface area contributed by atoms with Gasteiger partial charge in [-0.05, 0) is 60.5 Å². The van der Waals surface area contributed by atoms with E-state index < -0.39 is 0 Å². The molecule has 0 aliphatic carbocycles. The number of nitrogens with one attached hydrogen (secondary N) is 1. The van der Waals surface area contributed by atoms with E-state index in [9.17, 15) is 4.79 Å². The number of fused-ring (bicyclic) bond motifs is 2. The molecule has 0 radical (unpaired) electrons. The van der Waals surface area contributed by atoms with Gasteiger partial charge in [0.25, 0.3) is 5.91 Å². The van der Waals surface area contributed by atoms with Crippen molar-refractivity contribution in [3.8, 4) is 0 Å². The van der Waals surface area contributed by atoms with Crippen molar-refractivity contribution in [3.63, 3.8) is 0 Å². The molecular weight excluding hydrogens is 422 g/mol. The summed E-state index contributed by atoms with van der Waals surface area (Å²) in [6, 6.07) is 15.6. The zero-order chi connectivity index (χ0) is 22.1. The summed E-state index contributed by atoms with van der Waals surface area (Å²) in [5, 5.41) is 4.55. The van der Waals surface area contributed by atoms with Crippen molar-refractivity contribution in [2.45, 2.75) is 19.9 Å². The van der Waals surface area contributed by atoms with Crippen LogP contribution in [0, 0.1) is 6.92 Å². The summed E-state index contributed by atoms with van der Waals surface area (Å²) in [7, 11) is 0. The lowest BCUT2D eigenvalue weighted by molar-refractivity contribution is 0.0950. The minimum atomic E-state index is -0.156. The zero-order valence-electron chi connectivity index (χ0n) is 17.4. The van der Waals surface area contributed by atoms with Crippen molar-refractivity contribution >= 4 is 33.9 Å². The number of carbonyl (C=O) groups is 1. The molecule has 32 heavy (non-hydrogen) atoms. The first kappa shape index (κ1) is 20.2. The van der Waals surface area contributed by atoms with Crippen LogP contribution in [0.1, 0.15) is 32.9 Å². The SMILES string of the molecule is Cc1ccn2cnc(CNC(=O)c3ccnc(Cc4ccc5ncc(Cl)cc5c4)c3)c2c1. The molecule has 0 saturated heterocycles. The topological polar surface area (TPSA) is 72.2 Å². The van der Waals surface area contributed by atoms with Gasteiger partial charge in [-0.15, -0.1) is 0 Å². The normalized spacial score (nSPS) is 11.2. The first-order valence-corrected chi connectivity index (χ1v) is 10.6. The number of hydrogen-bond acceptors (Lipinski definition) is 4. The monoisotopic (exact) mass is 441 g/mol. The third-order valence-electron chi connectivity index (χ3n) is 5.37. The van der Waals surface area contributed by atoms with Gasteiger partial charge in [0, 0.05) is 41.7 Å². The number of amides is 1. The molecule has 5 rings (SSSR count). The third kappa shape index (κ3) is 4.18. The Labute approximate surface area is 189 Å². The predicted octanol–water partition coefficient (Wildman–Crippen LogP) is 4.76. The summed E-state index contributed by atoms with van der Waals surface area (Å²) >= 11 is 6.07. The van der Waals surface area contributed by atoms with Crippen LogP contribution in [-0.4, -0.2) is 25.3 Å². The lowest BCUT2D eigenvalue weighted by Crippen LogP contribution is -2.23. The first-order valence-electron chi connectivity index (χ1n) is 10.2. The highest BCUT2D eigenvalue weighted by Crippen LogP contribution is 2.20. The van der Waals surface area contributed by atoms with E-state index in [0.29, 0.717) is 23.6 Å². The fourth-order valence-corrected chi connectivity index (χ4v) is 3.91. The number of rotatable bonds is 5. The van der Waals surface area contributed by atoms with Crippen LogP contribution in [0.25, 0.3) is 16.4 Å². The Kier molecular flexibility index (Phi) is 5.29. The molecule has 7 heteroatoms. The van der Waals surface area contributed by atoms with Crippen molar-refractivity contribution in [1.82, 2.24) is 24.7 Å². The summed E-state index contributed by atoms with van der Waals surface area (Å²) in [6.07, 6.45) is 7.64. The average molecular weight is 442 g/mol. The Hall–Kier alpha value is -3.77. The molecular formula is C25H20ClN5O. The number of hydrogen-bond donors (Lipinski definition) is 1. The lowest BCUT2D eigenvalue weighted by atomic mass is 10.0. The van der Waals surface area contributed by atoms with Crippen molar-refractivity contribution < 1.29 is 4.79 Å². The van der Waals surface area contributed by atoms with Crippen molar-refractivity contribution in [3.05, 3.63) is 107 Å². The number of aromatic nitrogens is 4. The third-order valence-corrected chi connectivity index (χ3v) is 5.57. The zero-order valence-corrected chi connectivity index (χ0v) is 18.2. The maximum absolute atomic E-state index is 12.8. The van der Waals surface area contributed by atoms with E-state index in [1.807, 2.05) is 47.9 Å². The van der Waals surface area contributed by atoms with E-state index in [2.05, 4.69) is 32.4 Å². The fourth-order valence-electron chi connectivity index (χ4n) is 3.74. The van der Waals surface area contributed by atoms with Gasteiger partial charge in [0.05, 0.1) is 34.6 Å². The van der Waals surface area contributed by atoms with Gasteiger partial charge in [0.15, 0.2) is 0 Å².